The lowest BCUT2D eigenvalue weighted by Gasteiger charge is -2.15. The van der Waals surface area contributed by atoms with Crippen LogP contribution in [0, 0.1) is 17.1 Å². The largest absolute Gasteiger partial charge is 0.341 e. The molecule has 1 aliphatic rings. The summed E-state index contributed by atoms with van der Waals surface area (Å²) in [5.41, 5.74) is 0.0872. The van der Waals surface area contributed by atoms with Crippen molar-refractivity contribution in [2.24, 2.45) is 0 Å². The van der Waals surface area contributed by atoms with Crippen molar-refractivity contribution in [2.75, 3.05) is 18.0 Å². The molecule has 1 aliphatic heterocycles. The molecule has 1 aromatic rings. The van der Waals surface area contributed by atoms with E-state index in [1.807, 2.05) is 0 Å². The average molecular weight is 340 g/mol. The van der Waals surface area contributed by atoms with Crippen molar-refractivity contribution in [3.63, 3.8) is 0 Å². The van der Waals surface area contributed by atoms with Gasteiger partial charge in [0.05, 0.1) is 21.8 Å². The van der Waals surface area contributed by atoms with Crippen molar-refractivity contribution in [1.82, 2.24) is 5.32 Å². The molecular weight excluding hydrogens is 333 g/mol. The third kappa shape index (κ3) is 2.40. The van der Waals surface area contributed by atoms with Crippen molar-refractivity contribution in [3.05, 3.63) is 28.0 Å². The van der Waals surface area contributed by atoms with E-state index < -0.39 is 30.0 Å². The summed E-state index contributed by atoms with van der Waals surface area (Å²) in [6.45, 7) is -0.656. The van der Waals surface area contributed by atoms with E-state index >= 15 is 0 Å². The minimum Gasteiger partial charge on any atom is -0.341 e. The maximum Gasteiger partial charge on any atom is 0.299 e. The summed E-state index contributed by atoms with van der Waals surface area (Å²) >= 11 is 2.93. The molecule has 1 N–H and O–H groups in total. The molecule has 8 heteroatoms. The van der Waals surface area contributed by atoms with Gasteiger partial charge in [0.15, 0.2) is 0 Å². The summed E-state index contributed by atoms with van der Waals surface area (Å²) in [4.78, 5) is 35.9. The predicted octanol–water partition coefficient (Wildman–Crippen LogP) is 0.757. The molecule has 0 atom stereocenters. The Morgan fingerprint density at radius 1 is 1.45 bits per heavy atom. The topological polar surface area (TPSA) is 90.3 Å². The number of Topliss-reactive ketones (excluding diaryl/α,β-unsaturated/α-hetero) is 1. The van der Waals surface area contributed by atoms with Crippen LogP contribution in [0.15, 0.2) is 16.6 Å². The number of benzene rings is 1. The number of amides is 2. The summed E-state index contributed by atoms with van der Waals surface area (Å²) < 4.78 is 13.6. The van der Waals surface area contributed by atoms with Gasteiger partial charge in [-0.2, -0.15) is 5.26 Å². The van der Waals surface area contributed by atoms with E-state index in [9.17, 15) is 18.8 Å². The number of nitrogens with zero attached hydrogens (tertiary/aromatic N) is 2. The first-order chi connectivity index (χ1) is 9.45. The first kappa shape index (κ1) is 14.1. The van der Waals surface area contributed by atoms with Crippen LogP contribution in [0.1, 0.15) is 10.4 Å². The van der Waals surface area contributed by atoms with Gasteiger partial charge in [0, 0.05) is 0 Å². The Hall–Kier alpha value is -2.27. The summed E-state index contributed by atoms with van der Waals surface area (Å²) in [6.07, 6.45) is 0. The van der Waals surface area contributed by atoms with Crippen LogP contribution >= 0.6 is 15.9 Å². The minimum absolute atomic E-state index is 0.0383. The van der Waals surface area contributed by atoms with Crippen LogP contribution < -0.4 is 10.2 Å². The standard InChI is InChI=1S/C12H7BrFN3O3/c13-7-3-6-9(4-8(7)14)17(12(20)11(6)19)5-10(18)16-2-1-15/h3-4H,2,5H2,(H,16,18). The van der Waals surface area contributed by atoms with Crippen molar-refractivity contribution in [3.8, 4) is 6.07 Å². The minimum atomic E-state index is -0.899. The van der Waals surface area contributed by atoms with E-state index in [1.54, 1.807) is 6.07 Å². The van der Waals surface area contributed by atoms with Crippen LogP contribution in [0.4, 0.5) is 10.1 Å². The number of hydrogen-bond donors (Lipinski definition) is 1. The first-order valence-corrected chi connectivity index (χ1v) is 6.24. The zero-order chi connectivity index (χ0) is 14.9. The van der Waals surface area contributed by atoms with Crippen molar-refractivity contribution in [2.45, 2.75) is 0 Å². The zero-order valence-electron chi connectivity index (χ0n) is 9.94. The second kappa shape index (κ2) is 5.38. The van der Waals surface area contributed by atoms with Gasteiger partial charge in [-0.1, -0.05) is 0 Å². The second-order valence-corrected chi connectivity index (χ2v) is 4.79. The molecule has 0 spiro atoms. The highest BCUT2D eigenvalue weighted by Crippen LogP contribution is 2.32. The van der Waals surface area contributed by atoms with Crippen LogP contribution in [0.2, 0.25) is 0 Å². The first-order valence-electron chi connectivity index (χ1n) is 5.44. The zero-order valence-corrected chi connectivity index (χ0v) is 11.5. The monoisotopic (exact) mass is 339 g/mol. The SMILES string of the molecule is N#CCNC(=O)CN1C(=O)C(=O)c2cc(Br)c(F)cc21. The number of carbonyl (C=O) groups is 3. The molecule has 0 fully saturated rings. The van der Waals surface area contributed by atoms with E-state index in [0.29, 0.717) is 0 Å². The Morgan fingerprint density at radius 3 is 2.80 bits per heavy atom. The third-order valence-electron chi connectivity index (χ3n) is 2.68. The summed E-state index contributed by atoms with van der Waals surface area (Å²) in [7, 11) is 0. The molecule has 0 saturated carbocycles. The Labute approximate surface area is 121 Å². The molecule has 2 amide bonds. The predicted molar refractivity (Wildman–Crippen MR) is 69.4 cm³/mol. The van der Waals surface area contributed by atoms with Crippen molar-refractivity contribution >= 4 is 39.2 Å². The van der Waals surface area contributed by atoms with Gasteiger partial charge >= 0.3 is 0 Å². The van der Waals surface area contributed by atoms with Crippen LogP contribution in [0.5, 0.6) is 0 Å². The maximum absolute atomic E-state index is 13.5. The Kier molecular flexibility index (Phi) is 3.81. The highest BCUT2D eigenvalue weighted by atomic mass is 79.9. The smallest absolute Gasteiger partial charge is 0.299 e. The maximum atomic E-state index is 13.5. The van der Waals surface area contributed by atoms with Gasteiger partial charge in [-0.25, -0.2) is 4.39 Å². The Morgan fingerprint density at radius 2 is 2.15 bits per heavy atom. The van der Waals surface area contributed by atoms with Crippen LogP contribution in [-0.4, -0.2) is 30.7 Å². The Bertz CT molecular complexity index is 669. The van der Waals surface area contributed by atoms with Gasteiger partial charge in [-0.05, 0) is 28.1 Å². The fourth-order valence-electron chi connectivity index (χ4n) is 1.78. The van der Waals surface area contributed by atoms with Crippen LogP contribution in [0.25, 0.3) is 0 Å². The molecule has 2 rings (SSSR count). The fraction of sp³-hybridized carbons (Fsp3) is 0.167. The third-order valence-corrected chi connectivity index (χ3v) is 3.29. The van der Waals surface area contributed by atoms with E-state index in [1.165, 1.54) is 6.07 Å². The number of nitrogens with one attached hydrogen (secondary N) is 1. The van der Waals surface area contributed by atoms with E-state index in [0.717, 1.165) is 11.0 Å². The van der Waals surface area contributed by atoms with E-state index in [-0.39, 0.29) is 22.3 Å². The lowest BCUT2D eigenvalue weighted by molar-refractivity contribution is -0.121. The Balaban J connectivity index is 2.31. The molecule has 1 heterocycles. The van der Waals surface area contributed by atoms with E-state index in [2.05, 4.69) is 21.2 Å². The van der Waals surface area contributed by atoms with Crippen molar-refractivity contribution < 1.29 is 18.8 Å². The van der Waals surface area contributed by atoms with Gasteiger partial charge < -0.3 is 5.32 Å². The van der Waals surface area contributed by atoms with Crippen LogP contribution in [0.3, 0.4) is 0 Å². The molecule has 0 aromatic heterocycles. The number of ketones is 1. The lowest BCUT2D eigenvalue weighted by Crippen LogP contribution is -2.40. The second-order valence-electron chi connectivity index (χ2n) is 3.94. The molecule has 20 heavy (non-hydrogen) atoms. The molecule has 0 saturated heterocycles. The fourth-order valence-corrected chi connectivity index (χ4v) is 2.13. The molecular formula is C12H7BrFN3O3. The summed E-state index contributed by atoms with van der Waals surface area (Å²) in [6, 6.07) is 3.93. The molecule has 1 aromatic carbocycles. The molecule has 0 radical (unpaired) electrons. The summed E-state index contributed by atoms with van der Waals surface area (Å²) in [5.74, 6) is -2.95. The molecule has 102 valence electrons. The molecule has 0 unspecified atom stereocenters. The average Bonchev–Trinajstić information content (AvgIpc) is 2.63. The number of hydrogen-bond acceptors (Lipinski definition) is 4. The van der Waals surface area contributed by atoms with Gasteiger partial charge in [-0.3, -0.25) is 19.3 Å². The molecule has 6 nitrogen and oxygen atoms in total. The highest BCUT2D eigenvalue weighted by Gasteiger charge is 2.37. The number of halogens is 2. The van der Waals surface area contributed by atoms with Gasteiger partial charge in [0.2, 0.25) is 5.91 Å². The summed E-state index contributed by atoms with van der Waals surface area (Å²) in [5, 5.41) is 10.6. The number of fused-ring (bicyclic) bond motifs is 1. The van der Waals surface area contributed by atoms with Gasteiger partial charge in [0.25, 0.3) is 11.7 Å². The number of anilines is 1. The number of carbonyl (C=O) groups excluding carboxylic acids is 3. The lowest BCUT2D eigenvalue weighted by atomic mass is 10.1. The molecule has 0 bridgehead atoms. The number of nitriles is 1. The van der Waals surface area contributed by atoms with Crippen LogP contribution in [-0.2, 0) is 9.59 Å². The number of rotatable bonds is 3. The molecule has 0 aliphatic carbocycles. The normalized spacial score (nSPS) is 13.2. The van der Waals surface area contributed by atoms with Gasteiger partial charge in [-0.15, -0.1) is 0 Å². The quantitative estimate of drug-likeness (QED) is 0.650. The van der Waals surface area contributed by atoms with Crippen molar-refractivity contribution in [1.29, 1.82) is 5.26 Å². The highest BCUT2D eigenvalue weighted by molar-refractivity contribution is 9.10. The van der Waals surface area contributed by atoms with E-state index in [4.69, 9.17) is 5.26 Å². The van der Waals surface area contributed by atoms with Gasteiger partial charge in [0.1, 0.15) is 18.9 Å².